The van der Waals surface area contributed by atoms with Crippen LogP contribution in [0.4, 0.5) is 11.4 Å². The van der Waals surface area contributed by atoms with Crippen LogP contribution in [0.25, 0.3) is 0 Å². The number of unbranched alkanes of at least 4 members (excludes halogenated alkanes) is 18. The number of carbonyl (C=O) groups is 2. The number of aryl methyl sites for hydroxylation is 6. The van der Waals surface area contributed by atoms with Crippen LogP contribution >= 0.6 is 0 Å². The number of hydrogen-bond donors (Lipinski definition) is 4. The van der Waals surface area contributed by atoms with Gasteiger partial charge in [-0.1, -0.05) is 208 Å². The fourth-order valence-electron chi connectivity index (χ4n) is 11.1. The first-order chi connectivity index (χ1) is 40.6. The number of hydrogen-bond acceptors (Lipinski definition) is 8. The Labute approximate surface area is 530 Å². The number of carboxylic acids is 2. The Morgan fingerprint density at radius 1 is 0.365 bits per heavy atom. The quantitative estimate of drug-likeness (QED) is 0.0192. The molecule has 4 aromatic carbocycles. The van der Waals surface area contributed by atoms with Crippen LogP contribution in [0, 0.1) is 0 Å². The fourth-order valence-corrected chi connectivity index (χ4v) is 11.1. The Hall–Kier alpha value is -4.98. The van der Waals surface area contributed by atoms with Gasteiger partial charge in [-0.2, -0.15) is 0 Å². The number of nitrogens with zero attached hydrogens (tertiary/aromatic N) is 2. The average molecular weight is 1270 g/mol. The van der Waals surface area contributed by atoms with E-state index in [1.54, 1.807) is 0 Å². The van der Waals surface area contributed by atoms with Gasteiger partial charge in [-0.05, 0) is 196 Å². The smallest absolute Gasteiger partial charge is 0.869 e. The SMILES string of the molecule is CCCCCCCCC(=Nc1cc(CCCCC)cc(CCCCC)c1)C(CCCC)=Nc1cc(CCCCC)cc(CCCCC)c1.CCCCCc1cc(O)c([O-])c(C(=O)O)c1CC.CCCCCc1cc(O)c([O-])c(C(=O)O)c1CC.[Pd+2]. The maximum Gasteiger partial charge on any atom is 2.00 e. The Morgan fingerprint density at radius 2 is 0.635 bits per heavy atom. The molecule has 10 nitrogen and oxygen atoms in total. The summed E-state index contributed by atoms with van der Waals surface area (Å²) in [7, 11) is 0. The molecule has 0 aromatic heterocycles. The second-order valence-electron chi connectivity index (χ2n) is 23.3. The first-order valence-corrected chi connectivity index (χ1v) is 33.6. The number of phenols is 2. The molecular formula is C74H114N2O8Pd. The molecule has 0 aliphatic heterocycles. The zero-order valence-corrected chi connectivity index (χ0v) is 56.3. The minimum absolute atomic E-state index is 0. The van der Waals surface area contributed by atoms with Gasteiger partial charge in [-0.3, -0.25) is 9.98 Å². The number of rotatable bonds is 41. The monoisotopic (exact) mass is 1260 g/mol. The van der Waals surface area contributed by atoms with Gasteiger partial charge in [0.05, 0.1) is 33.9 Å². The van der Waals surface area contributed by atoms with Gasteiger partial charge >= 0.3 is 32.4 Å². The molecule has 0 saturated carbocycles. The molecule has 0 heterocycles. The molecule has 0 spiro atoms. The van der Waals surface area contributed by atoms with E-state index in [2.05, 4.69) is 91.8 Å². The zero-order chi connectivity index (χ0) is 62.1. The molecule has 85 heavy (non-hydrogen) atoms. The molecule has 4 aromatic rings. The van der Waals surface area contributed by atoms with Crippen molar-refractivity contribution in [3.05, 3.63) is 104 Å². The van der Waals surface area contributed by atoms with Gasteiger partial charge in [0.25, 0.3) is 0 Å². The minimum atomic E-state index is -1.26. The van der Waals surface area contributed by atoms with Gasteiger partial charge in [0, 0.05) is 0 Å². The van der Waals surface area contributed by atoms with Crippen LogP contribution in [0.5, 0.6) is 23.0 Å². The van der Waals surface area contributed by atoms with E-state index in [0.717, 1.165) is 106 Å². The van der Waals surface area contributed by atoms with Crippen molar-refractivity contribution >= 4 is 34.7 Å². The molecule has 0 aliphatic rings. The Balaban J connectivity index is 0.000000791. The second kappa shape index (κ2) is 47.1. The Bertz CT molecular complexity index is 2430. The van der Waals surface area contributed by atoms with E-state index in [1.807, 2.05) is 13.8 Å². The normalized spacial score (nSPS) is 11.4. The molecule has 11 heteroatoms. The summed E-state index contributed by atoms with van der Waals surface area (Å²) in [6.45, 7) is 21.6. The molecule has 0 aliphatic carbocycles. The molecule has 0 fully saturated rings. The van der Waals surface area contributed by atoms with Crippen molar-refractivity contribution in [3.8, 4) is 23.0 Å². The van der Waals surface area contributed by atoms with Gasteiger partial charge < -0.3 is 30.6 Å². The van der Waals surface area contributed by atoms with Gasteiger partial charge in [0.15, 0.2) is 0 Å². The van der Waals surface area contributed by atoms with Crippen LogP contribution in [0.2, 0.25) is 0 Å². The summed E-state index contributed by atoms with van der Waals surface area (Å²) >= 11 is 0. The van der Waals surface area contributed by atoms with E-state index in [9.17, 15) is 30.0 Å². The van der Waals surface area contributed by atoms with Gasteiger partial charge in [-0.15, -0.1) is 0 Å². The third kappa shape index (κ3) is 30.0. The molecule has 0 bridgehead atoms. The summed E-state index contributed by atoms with van der Waals surface area (Å²) in [6, 6.07) is 17.4. The van der Waals surface area contributed by atoms with Crippen LogP contribution < -0.4 is 10.2 Å². The number of aromatic hydroxyl groups is 2. The summed E-state index contributed by atoms with van der Waals surface area (Å²) in [5, 5.41) is 60.5. The summed E-state index contributed by atoms with van der Waals surface area (Å²) in [5.41, 5.74) is 12.8. The summed E-state index contributed by atoms with van der Waals surface area (Å²) in [6.07, 6.45) is 40.6. The van der Waals surface area contributed by atoms with E-state index in [4.69, 9.17) is 20.2 Å². The molecule has 0 amide bonds. The molecule has 4 N–H and O–H groups in total. The van der Waals surface area contributed by atoms with Crippen molar-refractivity contribution in [2.45, 2.75) is 300 Å². The largest absolute Gasteiger partial charge is 2.00 e. The van der Waals surface area contributed by atoms with Crippen molar-refractivity contribution in [3.63, 3.8) is 0 Å². The number of aliphatic imine (C=N–C) groups is 2. The summed E-state index contributed by atoms with van der Waals surface area (Å²) in [5.74, 6) is -5.00. The Morgan fingerprint density at radius 3 is 0.929 bits per heavy atom. The van der Waals surface area contributed by atoms with E-state index in [-0.39, 0.29) is 31.5 Å². The van der Waals surface area contributed by atoms with Gasteiger partial charge in [-0.25, -0.2) is 9.59 Å². The van der Waals surface area contributed by atoms with Crippen molar-refractivity contribution in [2.24, 2.45) is 9.98 Å². The number of carboxylic acid groups (broad SMARTS) is 2. The molecule has 4 rings (SSSR count). The van der Waals surface area contributed by atoms with Gasteiger partial charge in [0.2, 0.25) is 0 Å². The van der Waals surface area contributed by atoms with Crippen LogP contribution in [-0.2, 0) is 71.8 Å². The first-order valence-electron chi connectivity index (χ1n) is 33.6. The van der Waals surface area contributed by atoms with E-state index in [1.165, 1.54) is 168 Å². The van der Waals surface area contributed by atoms with Crippen molar-refractivity contribution in [2.75, 3.05) is 0 Å². The number of phenolic OH excluding ortho intramolecular Hbond substituents is 2. The Kier molecular flexibility index (Phi) is 43.3. The molecule has 0 radical (unpaired) electrons. The standard InChI is InChI=1S/C46H76N2.2C14H20O4.Pd/c1-7-13-19-20-21-26-32-46(48-44-37-41(29-24-16-10-4)34-42(38-44)30-25-17-11-5)45(31-18-12-6)47-43-35-39(27-22-14-8-2)33-40(36-43)28-23-15-9-3;2*1-3-5-6-7-9-8-11(15)13(16)12(14(17)18)10(9)4-2;/h33-38H,7-32H2,1-6H3;2*8,15-16H,3-7H2,1-2H3,(H,17,18);/q;;;+2/p-2. The number of aromatic carboxylic acids is 2. The zero-order valence-electron chi connectivity index (χ0n) is 54.7. The molecule has 0 atom stereocenters. The molecular weight excluding hydrogens is 1150 g/mol. The maximum absolute atomic E-state index is 11.6. The molecule has 0 unspecified atom stereocenters. The first kappa shape index (κ1) is 78.0. The van der Waals surface area contributed by atoms with Crippen LogP contribution in [-0.4, -0.2) is 43.8 Å². The predicted molar refractivity (Wildman–Crippen MR) is 352 cm³/mol. The van der Waals surface area contributed by atoms with E-state index >= 15 is 0 Å². The summed E-state index contributed by atoms with van der Waals surface area (Å²) in [4.78, 5) is 33.4. The van der Waals surface area contributed by atoms with Crippen molar-refractivity contribution in [1.29, 1.82) is 0 Å². The van der Waals surface area contributed by atoms with E-state index in [0.29, 0.717) is 36.8 Å². The molecule has 478 valence electrons. The average Bonchev–Trinajstić information content (AvgIpc) is 2.49. The second-order valence-corrected chi connectivity index (χ2v) is 23.3. The predicted octanol–water partition coefficient (Wildman–Crippen LogP) is 20.3. The van der Waals surface area contributed by atoms with Crippen LogP contribution in [0.15, 0.2) is 58.5 Å². The topological polar surface area (TPSA) is 186 Å². The maximum atomic E-state index is 11.6. The number of benzene rings is 4. The van der Waals surface area contributed by atoms with Crippen LogP contribution in [0.3, 0.4) is 0 Å². The summed E-state index contributed by atoms with van der Waals surface area (Å²) < 4.78 is 0. The minimum Gasteiger partial charge on any atom is -0.869 e. The third-order valence-electron chi connectivity index (χ3n) is 15.9. The van der Waals surface area contributed by atoms with Crippen molar-refractivity contribution in [1.82, 2.24) is 0 Å². The van der Waals surface area contributed by atoms with Gasteiger partial charge in [0.1, 0.15) is 11.5 Å². The molecule has 0 saturated heterocycles. The van der Waals surface area contributed by atoms with E-state index < -0.39 is 34.9 Å². The van der Waals surface area contributed by atoms with Crippen LogP contribution in [0.1, 0.15) is 314 Å². The fraction of sp³-hybridized carbons (Fsp3) is 0.622. The third-order valence-corrected chi connectivity index (χ3v) is 15.9. The van der Waals surface area contributed by atoms with Crippen molar-refractivity contribution < 1.29 is 60.7 Å².